The van der Waals surface area contributed by atoms with Gasteiger partial charge in [0.15, 0.2) is 0 Å². The highest BCUT2D eigenvalue weighted by Gasteiger charge is 2.07. The second-order valence-corrected chi connectivity index (χ2v) is 5.07. The van der Waals surface area contributed by atoms with E-state index in [1.807, 2.05) is 6.07 Å². The molecule has 0 saturated carbocycles. The summed E-state index contributed by atoms with van der Waals surface area (Å²) in [7, 11) is 0. The highest BCUT2D eigenvalue weighted by atomic mass is 35.5. The monoisotopic (exact) mass is 217 g/mol. The molecule has 0 fully saturated rings. The van der Waals surface area contributed by atoms with Crippen molar-refractivity contribution < 1.29 is 0 Å². The Morgan fingerprint density at radius 3 is 2.77 bits per heavy atom. The Morgan fingerprint density at radius 1 is 1.46 bits per heavy atom. The van der Waals surface area contributed by atoms with E-state index in [-0.39, 0.29) is 0 Å². The lowest BCUT2D eigenvalue weighted by atomic mass is 10.0. The van der Waals surface area contributed by atoms with Crippen LogP contribution in [0.2, 0.25) is 4.34 Å². The largest absolute Gasteiger partial charge is 0.330 e. The predicted molar refractivity (Wildman–Crippen MR) is 60.6 cm³/mol. The molecule has 74 valence electrons. The Kier molecular flexibility index (Phi) is 4.78. The highest BCUT2D eigenvalue weighted by Crippen LogP contribution is 2.30. The topological polar surface area (TPSA) is 26.0 Å². The maximum Gasteiger partial charge on any atom is 0.0931 e. The SMILES string of the molecule is CC(CCCCN)c1ccc(Cl)s1. The first-order valence-electron chi connectivity index (χ1n) is 4.69. The molecular formula is C10H16ClNS. The van der Waals surface area contributed by atoms with Crippen LogP contribution >= 0.6 is 22.9 Å². The number of unbranched alkanes of at least 4 members (excludes halogenated alkanes) is 1. The standard InChI is InChI=1S/C10H16ClNS/c1-8(4-2-3-7-12)9-5-6-10(11)13-9/h5-6,8H,2-4,7,12H2,1H3. The van der Waals surface area contributed by atoms with Crippen molar-refractivity contribution in [3.05, 3.63) is 21.3 Å². The Bertz CT molecular complexity index is 247. The second kappa shape index (κ2) is 5.63. The molecule has 1 rings (SSSR count). The molecule has 3 heteroatoms. The minimum Gasteiger partial charge on any atom is -0.330 e. The van der Waals surface area contributed by atoms with Crippen LogP contribution in [0.1, 0.15) is 37.0 Å². The maximum absolute atomic E-state index is 5.86. The van der Waals surface area contributed by atoms with Crippen LogP contribution in [-0.4, -0.2) is 6.54 Å². The summed E-state index contributed by atoms with van der Waals surface area (Å²) in [6, 6.07) is 4.10. The van der Waals surface area contributed by atoms with Gasteiger partial charge in [0.1, 0.15) is 0 Å². The van der Waals surface area contributed by atoms with Crippen LogP contribution in [0.15, 0.2) is 12.1 Å². The summed E-state index contributed by atoms with van der Waals surface area (Å²) in [5.74, 6) is 0.629. The Morgan fingerprint density at radius 2 is 2.23 bits per heavy atom. The molecule has 1 heterocycles. The number of hydrogen-bond acceptors (Lipinski definition) is 2. The zero-order valence-corrected chi connectivity index (χ0v) is 9.50. The van der Waals surface area contributed by atoms with Crippen molar-refractivity contribution in [3.8, 4) is 0 Å². The molecular weight excluding hydrogens is 202 g/mol. The molecule has 0 aliphatic rings. The first-order valence-corrected chi connectivity index (χ1v) is 5.88. The van der Waals surface area contributed by atoms with E-state index >= 15 is 0 Å². The fourth-order valence-corrected chi connectivity index (χ4v) is 2.48. The van der Waals surface area contributed by atoms with Crippen LogP contribution in [0.3, 0.4) is 0 Å². The first-order chi connectivity index (χ1) is 6.24. The summed E-state index contributed by atoms with van der Waals surface area (Å²) in [5, 5.41) is 0. The van der Waals surface area contributed by atoms with Gasteiger partial charge in [-0.05, 0) is 37.4 Å². The Hall–Kier alpha value is -0.0500. The van der Waals surface area contributed by atoms with Gasteiger partial charge in [0, 0.05) is 4.88 Å². The van der Waals surface area contributed by atoms with Crippen molar-refractivity contribution in [1.82, 2.24) is 0 Å². The molecule has 0 aliphatic heterocycles. The molecule has 0 amide bonds. The van der Waals surface area contributed by atoms with Crippen molar-refractivity contribution in [2.75, 3.05) is 6.54 Å². The first kappa shape index (κ1) is 11.0. The van der Waals surface area contributed by atoms with Gasteiger partial charge in [-0.3, -0.25) is 0 Å². The van der Waals surface area contributed by atoms with E-state index in [2.05, 4.69) is 13.0 Å². The van der Waals surface area contributed by atoms with Gasteiger partial charge >= 0.3 is 0 Å². The smallest absolute Gasteiger partial charge is 0.0931 e. The Labute approximate surface area is 88.9 Å². The quantitative estimate of drug-likeness (QED) is 0.749. The molecule has 1 aromatic rings. The minimum atomic E-state index is 0.629. The van der Waals surface area contributed by atoms with Crippen LogP contribution in [0.5, 0.6) is 0 Å². The predicted octanol–water partition coefficient (Wildman–Crippen LogP) is 3.63. The van der Waals surface area contributed by atoms with E-state index in [0.29, 0.717) is 5.92 Å². The number of thiophene rings is 1. The van der Waals surface area contributed by atoms with Gasteiger partial charge in [-0.25, -0.2) is 0 Å². The number of rotatable bonds is 5. The van der Waals surface area contributed by atoms with Gasteiger partial charge < -0.3 is 5.73 Å². The molecule has 13 heavy (non-hydrogen) atoms. The maximum atomic E-state index is 5.86. The third kappa shape index (κ3) is 3.67. The third-order valence-electron chi connectivity index (χ3n) is 2.17. The second-order valence-electron chi connectivity index (χ2n) is 3.33. The van der Waals surface area contributed by atoms with Crippen molar-refractivity contribution >= 4 is 22.9 Å². The minimum absolute atomic E-state index is 0.629. The van der Waals surface area contributed by atoms with Gasteiger partial charge in [-0.15, -0.1) is 11.3 Å². The molecule has 0 saturated heterocycles. The molecule has 0 radical (unpaired) electrons. The normalized spacial score (nSPS) is 13.2. The van der Waals surface area contributed by atoms with E-state index in [4.69, 9.17) is 17.3 Å². The molecule has 0 bridgehead atoms. The van der Waals surface area contributed by atoms with Crippen molar-refractivity contribution in [2.24, 2.45) is 5.73 Å². The van der Waals surface area contributed by atoms with E-state index in [1.165, 1.54) is 17.7 Å². The van der Waals surface area contributed by atoms with Gasteiger partial charge in [0.2, 0.25) is 0 Å². The summed E-state index contributed by atoms with van der Waals surface area (Å²) >= 11 is 7.55. The van der Waals surface area contributed by atoms with E-state index in [0.717, 1.165) is 17.3 Å². The number of halogens is 1. The highest BCUT2D eigenvalue weighted by molar-refractivity contribution is 7.16. The van der Waals surface area contributed by atoms with E-state index in [9.17, 15) is 0 Å². The molecule has 2 N–H and O–H groups in total. The molecule has 1 atom stereocenters. The lowest BCUT2D eigenvalue weighted by Gasteiger charge is -2.07. The van der Waals surface area contributed by atoms with E-state index < -0.39 is 0 Å². The lowest BCUT2D eigenvalue weighted by Crippen LogP contribution is -1.99. The van der Waals surface area contributed by atoms with E-state index in [1.54, 1.807) is 11.3 Å². The molecule has 1 unspecified atom stereocenters. The molecule has 1 nitrogen and oxygen atoms in total. The van der Waals surface area contributed by atoms with Crippen LogP contribution in [0.25, 0.3) is 0 Å². The van der Waals surface area contributed by atoms with Crippen LogP contribution in [0, 0.1) is 0 Å². The van der Waals surface area contributed by atoms with Crippen LogP contribution < -0.4 is 5.73 Å². The Balaban J connectivity index is 2.35. The third-order valence-corrected chi connectivity index (χ3v) is 3.63. The summed E-state index contributed by atoms with van der Waals surface area (Å²) in [5.41, 5.74) is 5.44. The number of hydrogen-bond donors (Lipinski definition) is 1. The van der Waals surface area contributed by atoms with Crippen molar-refractivity contribution in [1.29, 1.82) is 0 Å². The van der Waals surface area contributed by atoms with Gasteiger partial charge in [0.05, 0.1) is 4.34 Å². The number of nitrogens with two attached hydrogens (primary N) is 1. The fraction of sp³-hybridized carbons (Fsp3) is 0.600. The average molecular weight is 218 g/mol. The van der Waals surface area contributed by atoms with Crippen LogP contribution in [0.4, 0.5) is 0 Å². The zero-order chi connectivity index (χ0) is 9.68. The van der Waals surface area contributed by atoms with Crippen molar-refractivity contribution in [2.45, 2.75) is 32.1 Å². The van der Waals surface area contributed by atoms with Gasteiger partial charge in [0.25, 0.3) is 0 Å². The van der Waals surface area contributed by atoms with Crippen LogP contribution in [-0.2, 0) is 0 Å². The van der Waals surface area contributed by atoms with Gasteiger partial charge in [-0.2, -0.15) is 0 Å². The molecule has 0 aliphatic carbocycles. The summed E-state index contributed by atoms with van der Waals surface area (Å²) in [4.78, 5) is 1.39. The fourth-order valence-electron chi connectivity index (χ4n) is 1.33. The van der Waals surface area contributed by atoms with Crippen molar-refractivity contribution in [3.63, 3.8) is 0 Å². The van der Waals surface area contributed by atoms with Gasteiger partial charge in [-0.1, -0.05) is 24.9 Å². The molecule has 0 aromatic carbocycles. The zero-order valence-electron chi connectivity index (χ0n) is 7.92. The summed E-state index contributed by atoms with van der Waals surface area (Å²) in [6.45, 7) is 3.05. The lowest BCUT2D eigenvalue weighted by molar-refractivity contribution is 0.616. The molecule has 1 aromatic heterocycles. The molecule has 0 spiro atoms. The summed E-state index contributed by atoms with van der Waals surface area (Å²) < 4.78 is 0.890. The average Bonchev–Trinajstić information content (AvgIpc) is 2.52. The summed E-state index contributed by atoms with van der Waals surface area (Å²) in [6.07, 6.45) is 3.56.